The highest BCUT2D eigenvalue weighted by molar-refractivity contribution is 5.70. The first-order chi connectivity index (χ1) is 26.9. The molecule has 0 bridgehead atoms. The molecule has 9 heteroatoms. The lowest BCUT2D eigenvalue weighted by atomic mass is 9.95. The van der Waals surface area contributed by atoms with Crippen molar-refractivity contribution < 1.29 is 43.2 Å². The first-order valence-corrected chi connectivity index (χ1v) is 22.5. The van der Waals surface area contributed by atoms with Gasteiger partial charge in [-0.2, -0.15) is 0 Å². The number of aliphatic hydroxyl groups excluding tert-OH is 1. The average molecular weight is 781 g/mol. The number of rotatable bonds is 41. The van der Waals surface area contributed by atoms with E-state index >= 15 is 0 Å². The number of esters is 3. The summed E-state index contributed by atoms with van der Waals surface area (Å²) in [6.07, 6.45) is 33.1. The minimum atomic E-state index is -0.513. The van der Waals surface area contributed by atoms with Crippen LogP contribution in [-0.4, -0.2) is 68.9 Å². The molecule has 0 radical (unpaired) electrons. The molecule has 0 amide bonds. The van der Waals surface area contributed by atoms with Crippen LogP contribution in [0.1, 0.15) is 195 Å². The van der Waals surface area contributed by atoms with E-state index in [2.05, 4.69) is 52.0 Å². The lowest BCUT2D eigenvalue weighted by Gasteiger charge is -2.19. The maximum absolute atomic E-state index is 12.6. The Morgan fingerprint density at radius 2 is 0.909 bits per heavy atom. The smallest absolute Gasteiger partial charge is 0.305 e. The highest BCUT2D eigenvalue weighted by atomic mass is 16.7. The fourth-order valence-corrected chi connectivity index (χ4v) is 6.10. The summed E-state index contributed by atoms with van der Waals surface area (Å²) in [6.45, 7) is 9.97. The molecular weight excluding hydrogens is 696 g/mol. The predicted molar refractivity (Wildman–Crippen MR) is 224 cm³/mol. The van der Waals surface area contributed by atoms with E-state index in [-0.39, 0.29) is 45.1 Å². The van der Waals surface area contributed by atoms with Gasteiger partial charge in [0.05, 0.1) is 38.8 Å². The Hall–Kier alpha value is -2.23. The van der Waals surface area contributed by atoms with Crippen LogP contribution in [0.4, 0.5) is 0 Å². The van der Waals surface area contributed by atoms with Crippen LogP contribution in [-0.2, 0) is 38.1 Å². The second kappa shape index (κ2) is 41.4. The SMILES string of the molecule is CC/C=C\CCCCOC(CCC(=O)OCC(CO)COC(=O)CCCCC(=O)OCC(CCCCCC)CCCCCCCC)OCCCC/C=C\CC. The van der Waals surface area contributed by atoms with Crippen LogP contribution in [0.15, 0.2) is 24.3 Å². The quantitative estimate of drug-likeness (QED) is 0.0213. The Kier molecular flexibility index (Phi) is 39.7. The van der Waals surface area contributed by atoms with Gasteiger partial charge in [-0.25, -0.2) is 0 Å². The standard InChI is InChI=1S/C46H84O9/c1-5-9-13-17-20-24-30-41(29-23-16-12-8-4)38-53-43(48)31-25-26-32-44(49)54-39-42(37-47)40-55-45(50)33-34-46(51-35-27-21-18-14-10-6-2)52-36-28-22-19-15-11-7-3/h10-11,14-15,41-42,46-47H,5-9,12-13,16-40H2,1-4H3/b14-10-,15-11-. The van der Waals surface area contributed by atoms with Crippen molar-refractivity contribution in [1.29, 1.82) is 0 Å². The molecule has 0 aromatic carbocycles. The second-order valence-corrected chi connectivity index (χ2v) is 15.0. The summed E-state index contributed by atoms with van der Waals surface area (Å²) in [5.41, 5.74) is 0. The fraction of sp³-hybridized carbons (Fsp3) is 0.848. The van der Waals surface area contributed by atoms with Gasteiger partial charge < -0.3 is 28.8 Å². The molecule has 0 aromatic rings. The van der Waals surface area contributed by atoms with Crippen molar-refractivity contribution in [2.45, 2.75) is 201 Å². The van der Waals surface area contributed by atoms with Crippen LogP contribution >= 0.6 is 0 Å². The van der Waals surface area contributed by atoms with Gasteiger partial charge in [-0.1, -0.05) is 116 Å². The Morgan fingerprint density at radius 1 is 0.473 bits per heavy atom. The zero-order valence-electron chi connectivity index (χ0n) is 35.9. The maximum Gasteiger partial charge on any atom is 0.305 e. The fourth-order valence-electron chi connectivity index (χ4n) is 6.10. The van der Waals surface area contributed by atoms with Gasteiger partial charge in [-0.3, -0.25) is 14.4 Å². The van der Waals surface area contributed by atoms with Crippen molar-refractivity contribution in [1.82, 2.24) is 0 Å². The van der Waals surface area contributed by atoms with E-state index < -0.39 is 24.1 Å². The lowest BCUT2D eigenvalue weighted by Crippen LogP contribution is -2.25. The Labute approximate surface area is 337 Å². The van der Waals surface area contributed by atoms with Crippen molar-refractivity contribution in [2.24, 2.45) is 11.8 Å². The lowest BCUT2D eigenvalue weighted by molar-refractivity contribution is -0.161. The summed E-state index contributed by atoms with van der Waals surface area (Å²) in [5.74, 6) is -1.09. The number of aliphatic hydroxyl groups is 1. The van der Waals surface area contributed by atoms with Gasteiger partial charge in [-0.05, 0) is 83.0 Å². The van der Waals surface area contributed by atoms with E-state index in [0.717, 1.165) is 64.2 Å². The number of carbonyl (C=O) groups is 3. The molecule has 0 fully saturated rings. The van der Waals surface area contributed by atoms with Crippen LogP contribution in [0.3, 0.4) is 0 Å². The van der Waals surface area contributed by atoms with Crippen molar-refractivity contribution in [3.63, 3.8) is 0 Å². The Morgan fingerprint density at radius 3 is 1.38 bits per heavy atom. The van der Waals surface area contributed by atoms with E-state index in [1.807, 2.05) is 0 Å². The third-order valence-corrected chi connectivity index (χ3v) is 9.67. The minimum Gasteiger partial charge on any atom is -0.465 e. The molecule has 0 aromatic heterocycles. The molecule has 322 valence electrons. The van der Waals surface area contributed by atoms with Gasteiger partial charge in [-0.15, -0.1) is 0 Å². The topological polar surface area (TPSA) is 118 Å². The first-order valence-electron chi connectivity index (χ1n) is 22.5. The van der Waals surface area contributed by atoms with Gasteiger partial charge in [0.1, 0.15) is 0 Å². The number of unbranched alkanes of at least 4 members (excludes halogenated alkanes) is 13. The number of hydrogen-bond acceptors (Lipinski definition) is 9. The number of ether oxygens (including phenoxy) is 5. The summed E-state index contributed by atoms with van der Waals surface area (Å²) < 4.78 is 28.4. The minimum absolute atomic E-state index is 0.0430. The number of hydrogen-bond donors (Lipinski definition) is 1. The van der Waals surface area contributed by atoms with Crippen LogP contribution in [0, 0.1) is 11.8 Å². The van der Waals surface area contributed by atoms with Gasteiger partial charge in [0.15, 0.2) is 6.29 Å². The second-order valence-electron chi connectivity index (χ2n) is 15.0. The molecule has 0 saturated heterocycles. The van der Waals surface area contributed by atoms with Gasteiger partial charge in [0.2, 0.25) is 0 Å². The summed E-state index contributed by atoms with van der Waals surface area (Å²) in [4.78, 5) is 37.4. The van der Waals surface area contributed by atoms with E-state index in [4.69, 9.17) is 23.7 Å². The molecule has 1 N–H and O–H groups in total. The predicted octanol–water partition coefficient (Wildman–Crippen LogP) is 11.5. The zero-order chi connectivity index (χ0) is 40.5. The summed E-state index contributed by atoms with van der Waals surface area (Å²) in [6, 6.07) is 0. The van der Waals surface area contributed by atoms with Crippen LogP contribution < -0.4 is 0 Å². The molecule has 0 aliphatic rings. The third kappa shape index (κ3) is 37.1. The molecule has 0 heterocycles. The molecule has 0 rings (SSSR count). The van der Waals surface area contributed by atoms with E-state index in [1.165, 1.54) is 64.2 Å². The van der Waals surface area contributed by atoms with Gasteiger partial charge >= 0.3 is 17.9 Å². The summed E-state index contributed by atoms with van der Waals surface area (Å²) in [5, 5.41) is 9.79. The van der Waals surface area contributed by atoms with E-state index in [0.29, 0.717) is 45.0 Å². The van der Waals surface area contributed by atoms with E-state index in [1.54, 1.807) is 0 Å². The largest absolute Gasteiger partial charge is 0.465 e. The monoisotopic (exact) mass is 781 g/mol. The Balaban J connectivity index is 4.41. The highest BCUT2D eigenvalue weighted by Gasteiger charge is 2.18. The number of allylic oxidation sites excluding steroid dienone is 4. The maximum atomic E-state index is 12.6. The highest BCUT2D eigenvalue weighted by Crippen LogP contribution is 2.20. The average Bonchev–Trinajstić information content (AvgIpc) is 3.19. The first kappa shape index (κ1) is 52.8. The van der Waals surface area contributed by atoms with E-state index in [9.17, 15) is 19.5 Å². The molecule has 0 saturated carbocycles. The number of carbonyl (C=O) groups excluding carboxylic acids is 3. The van der Waals surface area contributed by atoms with Crippen molar-refractivity contribution in [3.05, 3.63) is 24.3 Å². The van der Waals surface area contributed by atoms with Crippen LogP contribution in [0.2, 0.25) is 0 Å². The molecule has 0 aliphatic heterocycles. The summed E-state index contributed by atoms with van der Waals surface area (Å²) in [7, 11) is 0. The van der Waals surface area contributed by atoms with Crippen molar-refractivity contribution in [3.8, 4) is 0 Å². The van der Waals surface area contributed by atoms with Crippen molar-refractivity contribution in [2.75, 3.05) is 39.6 Å². The molecule has 9 nitrogen and oxygen atoms in total. The van der Waals surface area contributed by atoms with Gasteiger partial charge in [0, 0.05) is 32.5 Å². The molecule has 55 heavy (non-hydrogen) atoms. The molecule has 0 aliphatic carbocycles. The normalized spacial score (nSPS) is 12.8. The van der Waals surface area contributed by atoms with Crippen LogP contribution in [0.5, 0.6) is 0 Å². The molecular formula is C46H84O9. The molecule has 2 unspecified atom stereocenters. The summed E-state index contributed by atoms with van der Waals surface area (Å²) >= 11 is 0. The van der Waals surface area contributed by atoms with Crippen molar-refractivity contribution >= 4 is 17.9 Å². The third-order valence-electron chi connectivity index (χ3n) is 9.67. The Bertz CT molecular complexity index is 910. The van der Waals surface area contributed by atoms with Crippen LogP contribution in [0.25, 0.3) is 0 Å². The zero-order valence-corrected chi connectivity index (χ0v) is 35.9. The van der Waals surface area contributed by atoms with Gasteiger partial charge in [0.25, 0.3) is 0 Å². The molecule has 0 spiro atoms. The molecule has 2 atom stereocenters.